The molecule has 0 spiro atoms. The van der Waals surface area contributed by atoms with E-state index in [0.717, 1.165) is 0 Å². The summed E-state index contributed by atoms with van der Waals surface area (Å²) in [7, 11) is 0. The van der Waals surface area contributed by atoms with Crippen molar-refractivity contribution in [1.29, 1.82) is 0 Å². The molecule has 1 aliphatic rings. The van der Waals surface area contributed by atoms with E-state index in [2.05, 4.69) is 12.1 Å². The van der Waals surface area contributed by atoms with Crippen LogP contribution in [-0.4, -0.2) is 17.5 Å². The van der Waals surface area contributed by atoms with Gasteiger partial charge in [-0.1, -0.05) is 20.4 Å². The van der Waals surface area contributed by atoms with E-state index in [0.29, 0.717) is 25.1 Å². The van der Waals surface area contributed by atoms with Gasteiger partial charge in [-0.15, -0.1) is 0 Å². The summed E-state index contributed by atoms with van der Waals surface area (Å²) in [5, 5.41) is 9.85. The first-order chi connectivity index (χ1) is 7.37. The van der Waals surface area contributed by atoms with Gasteiger partial charge in [0, 0.05) is 12.8 Å². The maximum atomic E-state index is 11.9. The molecule has 0 radical (unpaired) electrons. The molecule has 0 amide bonds. The van der Waals surface area contributed by atoms with Crippen LogP contribution in [-0.2, 0) is 9.63 Å². The minimum Gasteiger partial charge on any atom is -0.511 e. The topological polar surface area (TPSA) is 58.6 Å². The predicted octanol–water partition coefficient (Wildman–Crippen LogP) is 2.24. The SMILES string of the molecule is C=C(NOCC)C1=C(O)CC(C)(C)CC1=O. The number of aliphatic hydroxyl groups is 1. The molecule has 0 unspecified atom stereocenters. The second-order valence-corrected chi connectivity index (χ2v) is 4.78. The summed E-state index contributed by atoms with van der Waals surface area (Å²) in [5.41, 5.74) is 2.98. The van der Waals surface area contributed by atoms with E-state index in [4.69, 9.17) is 4.84 Å². The molecular weight excluding hydrogens is 206 g/mol. The normalized spacial score (nSPS) is 19.8. The van der Waals surface area contributed by atoms with Crippen molar-refractivity contribution in [2.75, 3.05) is 6.61 Å². The molecule has 90 valence electrons. The van der Waals surface area contributed by atoms with E-state index in [1.165, 1.54) is 0 Å². The van der Waals surface area contributed by atoms with Crippen LogP contribution in [0.25, 0.3) is 0 Å². The third-order valence-electron chi connectivity index (χ3n) is 2.49. The summed E-state index contributed by atoms with van der Waals surface area (Å²) in [4.78, 5) is 16.8. The van der Waals surface area contributed by atoms with E-state index in [-0.39, 0.29) is 22.5 Å². The van der Waals surface area contributed by atoms with Gasteiger partial charge in [0.1, 0.15) is 5.76 Å². The van der Waals surface area contributed by atoms with Crippen LogP contribution in [0.5, 0.6) is 0 Å². The molecule has 0 saturated heterocycles. The third-order valence-corrected chi connectivity index (χ3v) is 2.49. The number of aliphatic hydroxyl groups excluding tert-OH is 1. The number of hydroxylamine groups is 1. The first-order valence-corrected chi connectivity index (χ1v) is 5.40. The Hall–Kier alpha value is -1.29. The van der Waals surface area contributed by atoms with Crippen LogP contribution in [0.1, 0.15) is 33.6 Å². The Labute approximate surface area is 95.9 Å². The molecule has 0 fully saturated rings. The highest BCUT2D eigenvalue weighted by molar-refractivity contribution is 6.00. The van der Waals surface area contributed by atoms with Crippen molar-refractivity contribution in [2.24, 2.45) is 5.41 Å². The first-order valence-electron chi connectivity index (χ1n) is 5.40. The number of hydrogen-bond acceptors (Lipinski definition) is 4. The van der Waals surface area contributed by atoms with Gasteiger partial charge < -0.3 is 5.11 Å². The summed E-state index contributed by atoms with van der Waals surface area (Å²) >= 11 is 0. The molecule has 0 heterocycles. The smallest absolute Gasteiger partial charge is 0.168 e. The zero-order valence-electron chi connectivity index (χ0n) is 10.1. The zero-order valence-corrected chi connectivity index (χ0v) is 10.1. The van der Waals surface area contributed by atoms with Crippen molar-refractivity contribution < 1.29 is 14.7 Å². The molecule has 0 aliphatic heterocycles. The minimum absolute atomic E-state index is 0.0917. The second-order valence-electron chi connectivity index (χ2n) is 4.78. The van der Waals surface area contributed by atoms with Crippen LogP contribution in [0.2, 0.25) is 0 Å². The van der Waals surface area contributed by atoms with Crippen molar-refractivity contribution in [3.63, 3.8) is 0 Å². The lowest BCUT2D eigenvalue weighted by Gasteiger charge is -2.30. The molecular formula is C12H19NO3. The molecule has 4 heteroatoms. The van der Waals surface area contributed by atoms with Crippen molar-refractivity contribution in [3.8, 4) is 0 Å². The van der Waals surface area contributed by atoms with Crippen molar-refractivity contribution in [1.82, 2.24) is 5.48 Å². The average molecular weight is 225 g/mol. The predicted molar refractivity (Wildman–Crippen MR) is 61.6 cm³/mol. The van der Waals surface area contributed by atoms with Crippen LogP contribution in [0.3, 0.4) is 0 Å². The van der Waals surface area contributed by atoms with Gasteiger partial charge in [0.05, 0.1) is 17.9 Å². The summed E-state index contributed by atoms with van der Waals surface area (Å²) in [6.45, 7) is 9.88. The highest BCUT2D eigenvalue weighted by atomic mass is 16.6. The Morgan fingerprint density at radius 1 is 1.56 bits per heavy atom. The molecule has 0 bridgehead atoms. The van der Waals surface area contributed by atoms with E-state index < -0.39 is 0 Å². The molecule has 0 saturated carbocycles. The Bertz CT molecular complexity index is 342. The molecule has 1 aliphatic carbocycles. The summed E-state index contributed by atoms with van der Waals surface area (Å²) in [6.07, 6.45) is 0.903. The monoisotopic (exact) mass is 225 g/mol. The fourth-order valence-corrected chi connectivity index (χ4v) is 1.84. The number of carbonyl (C=O) groups is 1. The van der Waals surface area contributed by atoms with E-state index >= 15 is 0 Å². The lowest BCUT2D eigenvalue weighted by atomic mass is 9.76. The second kappa shape index (κ2) is 4.70. The number of carbonyl (C=O) groups excluding carboxylic acids is 1. The minimum atomic E-state index is -0.184. The number of ketones is 1. The molecule has 0 aromatic rings. The fraction of sp³-hybridized carbons (Fsp3) is 0.583. The number of Topliss-reactive ketones (excluding diaryl/α,β-unsaturated/α-hetero) is 1. The lowest BCUT2D eigenvalue weighted by Crippen LogP contribution is -2.29. The molecule has 0 atom stereocenters. The Balaban J connectivity index is 2.86. The third kappa shape index (κ3) is 2.85. The van der Waals surface area contributed by atoms with Crippen molar-refractivity contribution in [3.05, 3.63) is 23.6 Å². The van der Waals surface area contributed by atoms with Gasteiger partial charge in [-0.2, -0.15) is 0 Å². The molecule has 0 aromatic heterocycles. The van der Waals surface area contributed by atoms with Crippen molar-refractivity contribution in [2.45, 2.75) is 33.6 Å². The number of allylic oxidation sites excluding steroid dienone is 2. The summed E-state index contributed by atoms with van der Waals surface area (Å²) < 4.78 is 0. The largest absolute Gasteiger partial charge is 0.511 e. The molecule has 4 nitrogen and oxygen atoms in total. The highest BCUT2D eigenvalue weighted by Crippen LogP contribution is 2.37. The zero-order chi connectivity index (χ0) is 12.3. The standard InChI is InChI=1S/C12H19NO3/c1-5-16-13-8(2)11-9(14)6-12(3,4)7-10(11)15/h13-14H,2,5-7H2,1,3-4H3. The van der Waals surface area contributed by atoms with Crippen LogP contribution >= 0.6 is 0 Å². The van der Waals surface area contributed by atoms with Crippen LogP contribution in [0, 0.1) is 5.41 Å². The molecule has 0 aromatic carbocycles. The maximum Gasteiger partial charge on any atom is 0.168 e. The quantitative estimate of drug-likeness (QED) is 0.720. The number of rotatable bonds is 4. The van der Waals surface area contributed by atoms with Gasteiger partial charge in [0.2, 0.25) is 0 Å². The number of nitrogens with one attached hydrogen (secondary N) is 1. The number of hydrogen-bond donors (Lipinski definition) is 2. The van der Waals surface area contributed by atoms with Gasteiger partial charge in [0.25, 0.3) is 0 Å². The fourth-order valence-electron chi connectivity index (χ4n) is 1.84. The van der Waals surface area contributed by atoms with E-state index in [1.54, 1.807) is 0 Å². The average Bonchev–Trinajstić information content (AvgIpc) is 2.11. The van der Waals surface area contributed by atoms with E-state index in [9.17, 15) is 9.90 Å². The van der Waals surface area contributed by atoms with Crippen molar-refractivity contribution >= 4 is 5.78 Å². The van der Waals surface area contributed by atoms with Crippen LogP contribution in [0.4, 0.5) is 0 Å². The van der Waals surface area contributed by atoms with Crippen LogP contribution < -0.4 is 5.48 Å². The van der Waals surface area contributed by atoms with Gasteiger partial charge in [-0.3, -0.25) is 15.1 Å². The van der Waals surface area contributed by atoms with Gasteiger partial charge in [-0.05, 0) is 12.3 Å². The Morgan fingerprint density at radius 3 is 2.69 bits per heavy atom. The summed E-state index contributed by atoms with van der Waals surface area (Å²) in [6, 6.07) is 0. The maximum absolute atomic E-state index is 11.9. The van der Waals surface area contributed by atoms with E-state index in [1.807, 2.05) is 20.8 Å². The van der Waals surface area contributed by atoms with Gasteiger partial charge in [0.15, 0.2) is 5.78 Å². The first kappa shape index (κ1) is 12.8. The Kier molecular flexibility index (Phi) is 3.75. The molecule has 1 rings (SSSR count). The Morgan fingerprint density at radius 2 is 2.19 bits per heavy atom. The molecule has 2 N–H and O–H groups in total. The highest BCUT2D eigenvalue weighted by Gasteiger charge is 2.34. The molecule has 16 heavy (non-hydrogen) atoms. The summed E-state index contributed by atoms with van der Waals surface area (Å²) in [5.74, 6) is 0.00408. The van der Waals surface area contributed by atoms with Crippen LogP contribution in [0.15, 0.2) is 23.6 Å². The van der Waals surface area contributed by atoms with Gasteiger partial charge >= 0.3 is 0 Å². The van der Waals surface area contributed by atoms with Gasteiger partial charge in [-0.25, -0.2) is 0 Å². The lowest BCUT2D eigenvalue weighted by molar-refractivity contribution is -0.118.